The van der Waals surface area contributed by atoms with Crippen LogP contribution in [0.25, 0.3) is 0 Å². The van der Waals surface area contributed by atoms with Gasteiger partial charge in [0.15, 0.2) is 28.8 Å². The molecule has 3 aromatic rings. The molecule has 0 atom stereocenters. The van der Waals surface area contributed by atoms with Crippen LogP contribution in [0.3, 0.4) is 0 Å². The Morgan fingerprint density at radius 2 is 1.26 bits per heavy atom. The van der Waals surface area contributed by atoms with E-state index in [1.807, 2.05) is 12.1 Å². The zero-order valence-electron chi connectivity index (χ0n) is 23.6. The van der Waals surface area contributed by atoms with E-state index in [1.165, 1.54) is 12.4 Å². The van der Waals surface area contributed by atoms with Crippen molar-refractivity contribution in [2.75, 3.05) is 14.2 Å². The van der Waals surface area contributed by atoms with Gasteiger partial charge in [0.25, 0.3) is 5.91 Å². The quantitative estimate of drug-likeness (QED) is 0.151. The highest BCUT2D eigenvalue weighted by atomic mass is 35.5. The molecule has 9 nitrogen and oxygen atoms in total. The number of ether oxygens (including phenoxy) is 4. The van der Waals surface area contributed by atoms with Crippen LogP contribution in [0.2, 0.25) is 10.0 Å². The predicted molar refractivity (Wildman–Crippen MR) is 163 cm³/mol. The van der Waals surface area contributed by atoms with Gasteiger partial charge in [-0.05, 0) is 87.8 Å². The molecule has 2 aromatic carbocycles. The summed E-state index contributed by atoms with van der Waals surface area (Å²) in [6, 6.07) is 10.5. The van der Waals surface area contributed by atoms with Crippen LogP contribution in [0.1, 0.15) is 67.3 Å². The molecule has 42 heavy (non-hydrogen) atoms. The summed E-state index contributed by atoms with van der Waals surface area (Å²) in [6.07, 6.45) is 11.6. The molecule has 2 fully saturated rings. The summed E-state index contributed by atoms with van der Waals surface area (Å²) in [5, 5.41) is 0.515. The van der Waals surface area contributed by atoms with Gasteiger partial charge in [-0.2, -0.15) is 0 Å². The Hall–Kier alpha value is -3.69. The molecule has 0 radical (unpaired) electrons. The lowest BCUT2D eigenvalue weighted by Crippen LogP contribution is -2.42. The number of nitrogens with zero attached hydrogens (tertiary/aromatic N) is 2. The highest BCUT2D eigenvalue weighted by Crippen LogP contribution is 2.35. The maximum absolute atomic E-state index is 13.3. The van der Waals surface area contributed by atoms with E-state index in [-0.39, 0.29) is 28.1 Å². The lowest BCUT2D eigenvalue weighted by atomic mass is 10.1. The Kier molecular flexibility index (Phi) is 9.92. The fourth-order valence-corrected chi connectivity index (χ4v) is 5.62. The second kappa shape index (κ2) is 14.0. The first-order valence-electron chi connectivity index (χ1n) is 14.1. The van der Waals surface area contributed by atoms with E-state index < -0.39 is 5.91 Å². The standard InChI is InChI=1S/C31H34Cl2N4O5/c1-39-25-13-11-19(15-27(25)41-21-7-3-4-8-21)30(35-29-23(32)17-34-18-24(29)33)36-37-31(38)20-12-14-26(40-2)28(16-20)42-22-9-5-6-10-22/h11-18,21-22H,3-10H2,1-2H3,(H,37,38)(H,34,35,36). The van der Waals surface area contributed by atoms with E-state index in [0.717, 1.165) is 51.4 Å². The lowest BCUT2D eigenvalue weighted by molar-refractivity contribution is 0.0943. The number of amides is 1. The smallest absolute Gasteiger partial charge is 0.269 e. The SMILES string of the molecule is COc1ccc(C(=O)NNC(=Nc2c(Cl)cncc2Cl)c2ccc(OC)c(OC3CCCC3)c2)cc1OC1CCCC1. The van der Waals surface area contributed by atoms with Gasteiger partial charge >= 0.3 is 0 Å². The first kappa shape index (κ1) is 29.8. The van der Waals surface area contributed by atoms with Gasteiger partial charge in [0.2, 0.25) is 0 Å². The molecule has 1 heterocycles. The van der Waals surface area contributed by atoms with Gasteiger partial charge in [0.1, 0.15) is 5.69 Å². The minimum Gasteiger partial charge on any atom is -0.493 e. The molecule has 0 saturated heterocycles. The number of rotatable bonds is 9. The third-order valence-corrected chi connectivity index (χ3v) is 7.95. The Balaban J connectivity index is 1.42. The molecule has 0 aliphatic heterocycles. The van der Waals surface area contributed by atoms with Gasteiger partial charge in [-0.1, -0.05) is 23.2 Å². The summed E-state index contributed by atoms with van der Waals surface area (Å²) in [4.78, 5) is 22.0. The van der Waals surface area contributed by atoms with Gasteiger partial charge < -0.3 is 18.9 Å². The van der Waals surface area contributed by atoms with Crippen LogP contribution in [0.5, 0.6) is 23.0 Å². The normalized spacial score (nSPS) is 15.9. The molecular weight excluding hydrogens is 579 g/mol. The van der Waals surface area contributed by atoms with Gasteiger partial charge in [0.05, 0.1) is 36.5 Å². The number of methoxy groups -OCH3 is 2. The van der Waals surface area contributed by atoms with E-state index in [0.29, 0.717) is 39.8 Å². The van der Waals surface area contributed by atoms with Gasteiger partial charge in [-0.3, -0.25) is 20.6 Å². The number of amidine groups is 1. The number of pyridine rings is 1. The van der Waals surface area contributed by atoms with Crippen molar-refractivity contribution in [2.24, 2.45) is 4.99 Å². The van der Waals surface area contributed by atoms with Crippen molar-refractivity contribution < 1.29 is 23.7 Å². The zero-order chi connectivity index (χ0) is 29.5. The molecule has 2 saturated carbocycles. The zero-order valence-corrected chi connectivity index (χ0v) is 25.1. The largest absolute Gasteiger partial charge is 0.493 e. The van der Waals surface area contributed by atoms with E-state index >= 15 is 0 Å². The molecule has 2 N–H and O–H groups in total. The van der Waals surface area contributed by atoms with Crippen molar-refractivity contribution in [2.45, 2.75) is 63.6 Å². The van der Waals surface area contributed by atoms with Gasteiger partial charge in [-0.25, -0.2) is 4.99 Å². The number of aliphatic imine (C=N–C) groups is 1. The minimum atomic E-state index is -0.399. The van der Waals surface area contributed by atoms with Crippen molar-refractivity contribution in [3.05, 3.63) is 70.0 Å². The van der Waals surface area contributed by atoms with E-state index in [2.05, 4.69) is 20.8 Å². The molecular formula is C31H34Cl2N4O5. The molecule has 222 valence electrons. The van der Waals surface area contributed by atoms with Crippen LogP contribution in [0.4, 0.5) is 5.69 Å². The highest BCUT2D eigenvalue weighted by Gasteiger charge is 2.22. The van der Waals surface area contributed by atoms with E-state index in [1.54, 1.807) is 38.5 Å². The number of nitrogens with one attached hydrogen (secondary N) is 2. The number of halogens is 2. The predicted octanol–water partition coefficient (Wildman–Crippen LogP) is 7.06. The number of benzene rings is 2. The third kappa shape index (κ3) is 7.20. The van der Waals surface area contributed by atoms with Crippen molar-refractivity contribution in [1.29, 1.82) is 0 Å². The van der Waals surface area contributed by atoms with Crippen LogP contribution >= 0.6 is 23.2 Å². The number of aromatic nitrogens is 1. The van der Waals surface area contributed by atoms with E-state index in [9.17, 15) is 4.79 Å². The summed E-state index contributed by atoms with van der Waals surface area (Å²) in [7, 11) is 3.18. The summed E-state index contributed by atoms with van der Waals surface area (Å²) in [5.74, 6) is 2.17. The monoisotopic (exact) mass is 612 g/mol. The van der Waals surface area contributed by atoms with Crippen molar-refractivity contribution in [3.8, 4) is 23.0 Å². The maximum atomic E-state index is 13.3. The molecule has 1 aromatic heterocycles. The summed E-state index contributed by atoms with van der Waals surface area (Å²) in [5.41, 5.74) is 7.01. The number of carbonyl (C=O) groups excluding carboxylic acids is 1. The Bertz CT molecular complexity index is 1420. The van der Waals surface area contributed by atoms with Gasteiger partial charge in [-0.15, -0.1) is 0 Å². The number of carbonyl (C=O) groups is 1. The van der Waals surface area contributed by atoms with Crippen LogP contribution in [-0.2, 0) is 0 Å². The average molecular weight is 614 g/mol. The van der Waals surface area contributed by atoms with Crippen LogP contribution in [0, 0.1) is 0 Å². The van der Waals surface area contributed by atoms with Crippen molar-refractivity contribution >= 4 is 40.6 Å². The van der Waals surface area contributed by atoms with Crippen LogP contribution in [0.15, 0.2) is 53.8 Å². The Morgan fingerprint density at radius 1 is 0.762 bits per heavy atom. The Morgan fingerprint density at radius 3 is 1.79 bits per heavy atom. The number of hydrazine groups is 1. The fraction of sp³-hybridized carbons (Fsp3) is 0.387. The molecule has 11 heteroatoms. The first-order chi connectivity index (χ1) is 20.4. The number of hydrogen-bond acceptors (Lipinski definition) is 7. The summed E-state index contributed by atoms with van der Waals surface area (Å²) >= 11 is 12.8. The average Bonchev–Trinajstić information content (AvgIpc) is 3.71. The van der Waals surface area contributed by atoms with Crippen LogP contribution in [-0.4, -0.2) is 43.2 Å². The molecule has 2 aliphatic rings. The molecule has 0 bridgehead atoms. The van der Waals surface area contributed by atoms with Crippen molar-refractivity contribution in [3.63, 3.8) is 0 Å². The summed E-state index contributed by atoms with van der Waals surface area (Å²) < 4.78 is 23.5. The molecule has 0 spiro atoms. The van der Waals surface area contributed by atoms with Gasteiger partial charge in [0, 0.05) is 23.5 Å². The highest BCUT2D eigenvalue weighted by molar-refractivity contribution is 6.38. The van der Waals surface area contributed by atoms with E-state index in [4.69, 9.17) is 42.1 Å². The molecule has 2 aliphatic carbocycles. The first-order valence-corrected chi connectivity index (χ1v) is 14.8. The molecule has 0 unspecified atom stereocenters. The molecule has 1 amide bonds. The third-order valence-electron chi connectivity index (χ3n) is 7.40. The fourth-order valence-electron chi connectivity index (χ4n) is 5.17. The summed E-state index contributed by atoms with van der Waals surface area (Å²) in [6.45, 7) is 0. The minimum absolute atomic E-state index is 0.111. The lowest BCUT2D eigenvalue weighted by Gasteiger charge is -2.19. The Labute approximate surface area is 255 Å². The maximum Gasteiger partial charge on any atom is 0.269 e. The second-order valence-corrected chi connectivity index (χ2v) is 11.1. The second-order valence-electron chi connectivity index (χ2n) is 10.3. The van der Waals surface area contributed by atoms with Crippen LogP contribution < -0.4 is 29.8 Å². The number of hydrogen-bond donors (Lipinski definition) is 2. The molecule has 5 rings (SSSR count). The topological polar surface area (TPSA) is 103 Å². The van der Waals surface area contributed by atoms with Crippen molar-refractivity contribution in [1.82, 2.24) is 15.8 Å².